The van der Waals surface area contributed by atoms with Gasteiger partial charge >= 0.3 is 77.3 Å². The minimum Gasteiger partial charge on any atom is -0.463 e. The van der Waals surface area contributed by atoms with Crippen LogP contribution in [0.1, 0.15) is 13.8 Å². The Morgan fingerprint density at radius 2 is 0.674 bits per heavy atom. The molecule has 0 atom stereocenters. The molecule has 3 nitrogen and oxygen atoms in total. The van der Waals surface area contributed by atoms with Gasteiger partial charge in [0.15, 0.2) is 0 Å². The molecule has 0 aliphatic heterocycles. The average molecular weight is 747 g/mol. The first-order valence-corrected chi connectivity index (χ1v) is 10.4. The Balaban J connectivity index is 7.49. The maximum atomic E-state index is 14.1. The second kappa shape index (κ2) is 11.2. The van der Waals surface area contributed by atoms with Crippen molar-refractivity contribution >= 4 is 5.97 Å². The Morgan fingerprint density at radius 1 is 0.457 bits per heavy atom. The smallest absolute Gasteiger partial charge is 0.460 e. The van der Waals surface area contributed by atoms with Crippen LogP contribution in [0.5, 0.6) is 0 Å². The van der Waals surface area contributed by atoms with E-state index in [-0.39, 0.29) is 6.92 Å². The fourth-order valence-corrected chi connectivity index (χ4v) is 2.71. The lowest BCUT2D eigenvalue weighted by molar-refractivity contribution is -0.481. The van der Waals surface area contributed by atoms with Crippen molar-refractivity contribution in [3.63, 3.8) is 0 Å². The van der Waals surface area contributed by atoms with E-state index in [1.165, 1.54) is 0 Å². The summed E-state index contributed by atoms with van der Waals surface area (Å²) in [6.45, 7) is -0.181. The largest absolute Gasteiger partial charge is 0.463 e. The molecule has 0 bridgehead atoms. The van der Waals surface area contributed by atoms with Gasteiger partial charge in [-0.25, -0.2) is 4.79 Å². The zero-order chi connectivity index (χ0) is 38.1. The SMILES string of the molecule is CCOC(=O)C(C)=C(N)C(F)(F)C(F)(F)C(F)(F)C(F)(F)C(F)(F)C(F)(F)C(F)(F)C(F)(F)C(F)(F)C(F)(F)C(F)(F)C(F)(F)F. The van der Waals surface area contributed by atoms with Gasteiger partial charge in [0.25, 0.3) is 0 Å². The normalized spacial score (nSPS) is 16.8. The fourth-order valence-electron chi connectivity index (χ4n) is 2.71. The molecule has 28 heteroatoms. The summed E-state index contributed by atoms with van der Waals surface area (Å²) < 4.78 is 341. The van der Waals surface area contributed by atoms with Gasteiger partial charge in [-0.15, -0.1) is 0 Å². The third kappa shape index (κ3) is 5.21. The zero-order valence-electron chi connectivity index (χ0n) is 21.1. The summed E-state index contributed by atoms with van der Waals surface area (Å²) in [7, 11) is 0. The summed E-state index contributed by atoms with van der Waals surface area (Å²) in [5.41, 5.74) is -1.23. The van der Waals surface area contributed by atoms with E-state index in [2.05, 4.69) is 10.5 Å². The van der Waals surface area contributed by atoms with Crippen molar-refractivity contribution in [1.29, 1.82) is 0 Å². The van der Waals surface area contributed by atoms with Gasteiger partial charge in [0, 0.05) is 0 Å². The van der Waals surface area contributed by atoms with Crippen LogP contribution < -0.4 is 5.73 Å². The lowest BCUT2D eigenvalue weighted by Gasteiger charge is -2.45. The number of carbonyl (C=O) groups is 1. The van der Waals surface area contributed by atoms with Gasteiger partial charge in [-0.05, 0) is 13.8 Å². The van der Waals surface area contributed by atoms with Gasteiger partial charge in [0.2, 0.25) is 0 Å². The first-order chi connectivity index (χ1) is 19.6. The van der Waals surface area contributed by atoms with Crippen LogP contribution in [0.4, 0.5) is 110 Å². The van der Waals surface area contributed by atoms with Crippen molar-refractivity contribution < 1.29 is 119 Å². The second-order valence-electron chi connectivity index (χ2n) is 8.58. The highest BCUT2D eigenvalue weighted by molar-refractivity contribution is 5.88. The van der Waals surface area contributed by atoms with Crippen molar-refractivity contribution in [2.75, 3.05) is 6.61 Å². The number of carbonyl (C=O) groups excluding carboxylic acids is 1. The van der Waals surface area contributed by atoms with Crippen molar-refractivity contribution in [1.82, 2.24) is 0 Å². The summed E-state index contributed by atoms with van der Waals surface area (Å²) in [5, 5.41) is 0. The van der Waals surface area contributed by atoms with Crippen molar-refractivity contribution in [3.05, 3.63) is 11.3 Å². The summed E-state index contributed by atoms with van der Waals surface area (Å²) in [4.78, 5) is 11.3. The zero-order valence-corrected chi connectivity index (χ0v) is 21.1. The molecular weight excluding hydrogens is 737 g/mol. The highest BCUT2D eigenvalue weighted by Crippen LogP contribution is 2.68. The van der Waals surface area contributed by atoms with Crippen LogP contribution in [0.25, 0.3) is 0 Å². The predicted octanol–water partition coefficient (Wildman–Crippen LogP) is 8.33. The van der Waals surface area contributed by atoms with Gasteiger partial charge in [-0.1, -0.05) is 0 Å². The first kappa shape index (κ1) is 43.3. The van der Waals surface area contributed by atoms with Gasteiger partial charge in [-0.3, -0.25) is 0 Å². The Labute approximate surface area is 235 Å². The lowest BCUT2D eigenvalue weighted by atomic mass is 9.84. The maximum absolute atomic E-state index is 14.1. The van der Waals surface area contributed by atoms with Crippen LogP contribution in [0.3, 0.4) is 0 Å². The molecular formula is C18H10F25NO2. The van der Waals surface area contributed by atoms with E-state index in [4.69, 9.17) is 0 Å². The van der Waals surface area contributed by atoms with Crippen LogP contribution in [-0.2, 0) is 9.53 Å². The summed E-state index contributed by atoms with van der Waals surface area (Å²) in [6.07, 6.45) is -8.20. The molecule has 274 valence electrons. The number of halogens is 25. The molecule has 0 fully saturated rings. The number of ether oxygens (including phenoxy) is 1. The number of allylic oxidation sites excluding steroid dienone is 1. The van der Waals surface area contributed by atoms with Gasteiger partial charge in [0.05, 0.1) is 17.9 Å². The number of esters is 1. The topological polar surface area (TPSA) is 52.3 Å². The molecule has 0 heterocycles. The third-order valence-electron chi connectivity index (χ3n) is 5.62. The molecule has 0 aliphatic rings. The van der Waals surface area contributed by atoms with E-state index in [0.29, 0.717) is 0 Å². The molecule has 0 aromatic carbocycles. The summed E-state index contributed by atoms with van der Waals surface area (Å²) >= 11 is 0. The van der Waals surface area contributed by atoms with E-state index in [0.717, 1.165) is 6.92 Å². The maximum Gasteiger partial charge on any atom is 0.460 e. The minimum atomic E-state index is -9.67. The molecule has 0 saturated heterocycles. The molecule has 0 spiro atoms. The Hall–Kier alpha value is -2.74. The molecule has 46 heavy (non-hydrogen) atoms. The van der Waals surface area contributed by atoms with E-state index in [1.807, 2.05) is 0 Å². The molecule has 0 amide bonds. The third-order valence-corrected chi connectivity index (χ3v) is 5.62. The molecule has 0 radical (unpaired) electrons. The highest BCUT2D eigenvalue weighted by Gasteiger charge is 2.99. The minimum absolute atomic E-state index is 0.142. The lowest BCUT2D eigenvalue weighted by Crippen LogP contribution is -2.78. The molecule has 0 aromatic rings. The van der Waals surface area contributed by atoms with Gasteiger partial charge < -0.3 is 10.5 Å². The van der Waals surface area contributed by atoms with Crippen molar-refractivity contribution in [2.24, 2.45) is 5.73 Å². The molecule has 2 N–H and O–H groups in total. The second-order valence-corrected chi connectivity index (χ2v) is 8.58. The van der Waals surface area contributed by atoms with Crippen LogP contribution in [0.15, 0.2) is 11.3 Å². The van der Waals surface area contributed by atoms with E-state index >= 15 is 0 Å². The van der Waals surface area contributed by atoms with Crippen molar-refractivity contribution in [3.8, 4) is 0 Å². The molecule has 0 saturated carbocycles. The average Bonchev–Trinajstić information content (AvgIpc) is 2.85. The fraction of sp³-hybridized carbons (Fsp3) is 0.833. The van der Waals surface area contributed by atoms with Crippen LogP contribution >= 0.6 is 0 Å². The van der Waals surface area contributed by atoms with Gasteiger partial charge in [-0.2, -0.15) is 110 Å². The van der Waals surface area contributed by atoms with Crippen LogP contribution in [0.2, 0.25) is 0 Å². The van der Waals surface area contributed by atoms with Crippen molar-refractivity contribution in [2.45, 2.75) is 85.2 Å². The molecule has 0 aromatic heterocycles. The van der Waals surface area contributed by atoms with Gasteiger partial charge in [0.1, 0.15) is 0 Å². The number of nitrogens with two attached hydrogens (primary N) is 1. The summed E-state index contributed by atoms with van der Waals surface area (Å²) in [5.74, 6) is -102. The van der Waals surface area contributed by atoms with E-state index < -0.39 is 95.2 Å². The Kier molecular flexibility index (Phi) is 10.5. The van der Waals surface area contributed by atoms with Crippen LogP contribution in [0, 0.1) is 0 Å². The molecule has 0 aliphatic carbocycles. The summed E-state index contributed by atoms with van der Waals surface area (Å²) in [6, 6.07) is 0. The molecule has 0 unspecified atom stereocenters. The predicted molar refractivity (Wildman–Crippen MR) is 94.0 cm³/mol. The Morgan fingerprint density at radius 3 is 0.891 bits per heavy atom. The number of rotatable bonds is 13. The van der Waals surface area contributed by atoms with E-state index in [1.54, 1.807) is 0 Å². The van der Waals surface area contributed by atoms with Crippen LogP contribution in [-0.4, -0.2) is 83.9 Å². The Bertz CT molecular complexity index is 1180. The highest BCUT2D eigenvalue weighted by atomic mass is 19.4. The number of alkyl halides is 25. The molecule has 0 rings (SSSR count). The standard InChI is InChI=1S/C18H10F25NO2/c1-3-46-6(45)4(2)5(44)7(19,20)8(21,22)9(23,24)10(25,26)11(27,28)12(29,30)13(31,32)14(33,34)15(35,36)16(37,38)17(39,40)18(41,42)43/h3,44H2,1-2H3. The van der Waals surface area contributed by atoms with E-state index in [9.17, 15) is 115 Å². The first-order valence-electron chi connectivity index (χ1n) is 10.4. The monoisotopic (exact) mass is 747 g/mol. The number of hydrogen-bond donors (Lipinski definition) is 1. The number of hydrogen-bond acceptors (Lipinski definition) is 3. The quantitative estimate of drug-likeness (QED) is 0.117.